The molecule has 0 radical (unpaired) electrons. The number of rotatable bonds is 15. The molecule has 0 aliphatic rings. The number of hydrogen-bond acceptors (Lipinski definition) is 6. The fourth-order valence-corrected chi connectivity index (χ4v) is 4.42. The molecule has 0 aliphatic heterocycles. The Morgan fingerprint density at radius 3 is 2.10 bits per heavy atom. The second-order valence-electron chi connectivity index (χ2n) is 11.2. The van der Waals surface area contributed by atoms with Gasteiger partial charge in [-0.1, -0.05) is 57.4 Å². The van der Waals surface area contributed by atoms with Crippen molar-refractivity contribution in [3.63, 3.8) is 0 Å². The van der Waals surface area contributed by atoms with Crippen molar-refractivity contribution in [1.82, 2.24) is 10.2 Å². The Hall–Kier alpha value is -4.08. The first kappa shape index (κ1) is 34.1. The Labute approximate surface area is 249 Å². The fraction of sp³-hybridized carbons (Fsp3) is 0.500. The minimum absolute atomic E-state index is 0.223. The molecule has 2 aromatic rings. The Bertz CT molecular complexity index is 1170. The van der Waals surface area contributed by atoms with Crippen molar-refractivity contribution in [3.8, 4) is 5.75 Å². The van der Waals surface area contributed by atoms with Crippen LogP contribution < -0.4 is 21.1 Å². The molecule has 10 heteroatoms. The quantitative estimate of drug-likeness (QED) is 0.249. The summed E-state index contributed by atoms with van der Waals surface area (Å²) >= 11 is 0. The van der Waals surface area contributed by atoms with Crippen molar-refractivity contribution in [2.24, 2.45) is 5.73 Å². The van der Waals surface area contributed by atoms with E-state index in [0.717, 1.165) is 31.2 Å². The maximum absolute atomic E-state index is 14.2. The molecule has 4 amide bonds. The molecule has 2 aromatic carbocycles. The van der Waals surface area contributed by atoms with E-state index in [1.54, 1.807) is 52.1 Å². The van der Waals surface area contributed by atoms with E-state index in [1.165, 1.54) is 4.90 Å². The second kappa shape index (κ2) is 16.4. The number of benzene rings is 2. The third-order valence-corrected chi connectivity index (χ3v) is 6.55. The maximum Gasteiger partial charge on any atom is 0.408 e. The molecule has 2 atom stereocenters. The number of methoxy groups -OCH3 is 1. The number of amides is 4. The van der Waals surface area contributed by atoms with Gasteiger partial charge in [-0.2, -0.15) is 0 Å². The summed E-state index contributed by atoms with van der Waals surface area (Å²) in [7, 11) is 1.55. The molecule has 0 aromatic heterocycles. The molecule has 230 valence electrons. The molecule has 0 saturated carbocycles. The standard InChI is InChI=1S/C32H46N4O6/c1-7-9-10-11-20-36(30(39)26(21-27(33)37)35-31(40)42-32(3,4)5)28(23-14-12-22(8-2)13-15-23)29(38)34-24-16-18-25(41-6)19-17-24/h12-19,26,28H,7-11,20-21H2,1-6H3,(H2,33,37)(H,34,38)(H,35,40). The summed E-state index contributed by atoms with van der Waals surface area (Å²) in [5.41, 5.74) is 6.85. The zero-order chi connectivity index (χ0) is 31.3. The van der Waals surface area contributed by atoms with E-state index in [0.29, 0.717) is 23.4 Å². The average Bonchev–Trinajstić information content (AvgIpc) is 2.93. The summed E-state index contributed by atoms with van der Waals surface area (Å²) in [6.45, 7) is 9.41. The lowest BCUT2D eigenvalue weighted by molar-refractivity contribution is -0.142. The number of carbonyl (C=O) groups is 4. The molecule has 10 nitrogen and oxygen atoms in total. The predicted molar refractivity (Wildman–Crippen MR) is 163 cm³/mol. The Morgan fingerprint density at radius 2 is 1.57 bits per heavy atom. The highest BCUT2D eigenvalue weighted by molar-refractivity contribution is 5.99. The molecule has 0 saturated heterocycles. The van der Waals surface area contributed by atoms with Gasteiger partial charge in [0.25, 0.3) is 5.91 Å². The number of nitrogens with one attached hydrogen (secondary N) is 2. The van der Waals surface area contributed by atoms with Crippen LogP contribution in [0.25, 0.3) is 0 Å². The van der Waals surface area contributed by atoms with Gasteiger partial charge in [0.2, 0.25) is 11.8 Å². The Morgan fingerprint density at radius 1 is 0.929 bits per heavy atom. The molecule has 4 N–H and O–H groups in total. The first-order valence-electron chi connectivity index (χ1n) is 14.5. The zero-order valence-corrected chi connectivity index (χ0v) is 25.7. The van der Waals surface area contributed by atoms with Gasteiger partial charge in [-0.3, -0.25) is 14.4 Å². The molecule has 2 rings (SSSR count). The van der Waals surface area contributed by atoms with Gasteiger partial charge < -0.3 is 30.7 Å². The lowest BCUT2D eigenvalue weighted by Gasteiger charge is -2.34. The number of carbonyl (C=O) groups excluding carboxylic acids is 4. The average molecular weight is 583 g/mol. The number of alkyl carbamates (subject to hydrolysis) is 1. The molecule has 0 heterocycles. The summed E-state index contributed by atoms with van der Waals surface area (Å²) in [5, 5.41) is 5.43. The lowest BCUT2D eigenvalue weighted by Crippen LogP contribution is -2.53. The van der Waals surface area contributed by atoms with E-state index in [4.69, 9.17) is 15.2 Å². The van der Waals surface area contributed by atoms with Gasteiger partial charge in [-0.15, -0.1) is 0 Å². The summed E-state index contributed by atoms with van der Waals surface area (Å²) in [4.78, 5) is 54.3. The lowest BCUT2D eigenvalue weighted by atomic mass is 9.99. The van der Waals surface area contributed by atoms with Crippen molar-refractivity contribution in [3.05, 3.63) is 59.7 Å². The van der Waals surface area contributed by atoms with Crippen molar-refractivity contribution in [2.45, 2.75) is 90.8 Å². The smallest absolute Gasteiger partial charge is 0.408 e. The summed E-state index contributed by atoms with van der Waals surface area (Å²) in [6, 6.07) is 12.0. The minimum atomic E-state index is -1.32. The second-order valence-corrected chi connectivity index (χ2v) is 11.2. The number of unbranched alkanes of at least 4 members (excludes halogenated alkanes) is 3. The predicted octanol–water partition coefficient (Wildman–Crippen LogP) is 5.12. The maximum atomic E-state index is 14.2. The van der Waals surface area contributed by atoms with Crippen LogP contribution in [0, 0.1) is 0 Å². The highest BCUT2D eigenvalue weighted by Crippen LogP contribution is 2.27. The van der Waals surface area contributed by atoms with Gasteiger partial charge >= 0.3 is 6.09 Å². The molecular weight excluding hydrogens is 536 g/mol. The summed E-state index contributed by atoms with van der Waals surface area (Å²) < 4.78 is 10.6. The van der Waals surface area contributed by atoms with Crippen LogP contribution in [-0.2, 0) is 25.5 Å². The van der Waals surface area contributed by atoms with E-state index in [2.05, 4.69) is 17.6 Å². The topological polar surface area (TPSA) is 140 Å². The first-order valence-corrected chi connectivity index (χ1v) is 14.5. The van der Waals surface area contributed by atoms with E-state index < -0.39 is 47.9 Å². The molecule has 0 spiro atoms. The molecule has 2 unspecified atom stereocenters. The molecule has 0 bridgehead atoms. The largest absolute Gasteiger partial charge is 0.497 e. The van der Waals surface area contributed by atoms with Crippen LogP contribution >= 0.6 is 0 Å². The van der Waals surface area contributed by atoms with Crippen LogP contribution in [0.1, 0.15) is 83.9 Å². The number of nitrogens with two attached hydrogens (primary N) is 1. The highest BCUT2D eigenvalue weighted by Gasteiger charge is 2.37. The van der Waals surface area contributed by atoms with E-state index >= 15 is 0 Å². The fourth-order valence-electron chi connectivity index (χ4n) is 4.42. The molecule has 0 aliphatic carbocycles. The zero-order valence-electron chi connectivity index (χ0n) is 25.7. The van der Waals surface area contributed by atoms with Gasteiger partial charge in [-0.25, -0.2) is 4.79 Å². The van der Waals surface area contributed by atoms with E-state index in [-0.39, 0.29) is 6.54 Å². The Kier molecular flexibility index (Phi) is 13.3. The number of primary amides is 1. The first-order chi connectivity index (χ1) is 19.9. The van der Waals surface area contributed by atoms with Crippen molar-refractivity contribution in [1.29, 1.82) is 0 Å². The van der Waals surface area contributed by atoms with Crippen molar-refractivity contribution < 1.29 is 28.7 Å². The van der Waals surface area contributed by atoms with Gasteiger partial charge in [0, 0.05) is 12.2 Å². The Balaban J connectivity index is 2.54. The number of anilines is 1. The SMILES string of the molecule is CCCCCCN(C(=O)C(CC(N)=O)NC(=O)OC(C)(C)C)C(C(=O)Nc1ccc(OC)cc1)c1ccc(CC)cc1. The van der Waals surface area contributed by atoms with Gasteiger partial charge in [0.15, 0.2) is 0 Å². The molecular formula is C32H46N4O6. The van der Waals surface area contributed by atoms with Crippen molar-refractivity contribution >= 4 is 29.5 Å². The molecule has 0 fully saturated rings. The van der Waals surface area contributed by atoms with Crippen LogP contribution in [0.3, 0.4) is 0 Å². The van der Waals surface area contributed by atoms with Crippen LogP contribution in [0.4, 0.5) is 10.5 Å². The number of hydrogen-bond donors (Lipinski definition) is 3. The van der Waals surface area contributed by atoms with Crippen LogP contribution in [0.2, 0.25) is 0 Å². The normalized spacial score (nSPS) is 12.5. The molecule has 42 heavy (non-hydrogen) atoms. The summed E-state index contributed by atoms with van der Waals surface area (Å²) in [6.07, 6.45) is 2.89. The monoisotopic (exact) mass is 582 g/mol. The number of aryl methyl sites for hydroxylation is 1. The third-order valence-electron chi connectivity index (χ3n) is 6.55. The third kappa shape index (κ3) is 11.1. The van der Waals surface area contributed by atoms with Crippen LogP contribution in [0.15, 0.2) is 48.5 Å². The number of nitrogens with zero attached hydrogens (tertiary/aromatic N) is 1. The van der Waals surface area contributed by atoms with Gasteiger partial charge in [0.1, 0.15) is 23.4 Å². The van der Waals surface area contributed by atoms with Gasteiger partial charge in [-0.05, 0) is 69.0 Å². The van der Waals surface area contributed by atoms with E-state index in [1.807, 2.05) is 31.2 Å². The highest BCUT2D eigenvalue weighted by atomic mass is 16.6. The minimum Gasteiger partial charge on any atom is -0.497 e. The van der Waals surface area contributed by atoms with Crippen LogP contribution in [-0.4, -0.2) is 54.0 Å². The van der Waals surface area contributed by atoms with Crippen molar-refractivity contribution in [2.75, 3.05) is 19.0 Å². The number of ether oxygens (including phenoxy) is 2. The van der Waals surface area contributed by atoms with E-state index in [9.17, 15) is 19.2 Å². The van der Waals surface area contributed by atoms with Gasteiger partial charge in [0.05, 0.1) is 13.5 Å². The summed E-state index contributed by atoms with van der Waals surface area (Å²) in [5.74, 6) is -1.19. The van der Waals surface area contributed by atoms with Crippen LogP contribution in [0.5, 0.6) is 5.75 Å².